The highest BCUT2D eigenvalue weighted by Gasteiger charge is 2.28. The second kappa shape index (κ2) is 12.6. The monoisotopic (exact) mass is 592 g/mol. The van der Waals surface area contributed by atoms with Crippen LogP contribution in [0.3, 0.4) is 0 Å². The minimum absolute atomic E-state index is 0.0226. The first-order chi connectivity index (χ1) is 21.4. The molecule has 1 amide bonds. The maximum Gasteiger partial charge on any atom is 0.410 e. The van der Waals surface area contributed by atoms with Crippen LogP contribution in [0.15, 0.2) is 72.9 Å². The Kier molecular flexibility index (Phi) is 8.28. The molecule has 2 aromatic heterocycles. The molecule has 0 spiro atoms. The number of amides is 1. The summed E-state index contributed by atoms with van der Waals surface area (Å²) in [6.45, 7) is 4.33. The van der Waals surface area contributed by atoms with Gasteiger partial charge in [-0.1, -0.05) is 42.5 Å². The largest absolute Gasteiger partial charge is 0.478 e. The Morgan fingerprint density at radius 2 is 1.84 bits per heavy atom. The Morgan fingerprint density at radius 3 is 2.57 bits per heavy atom. The van der Waals surface area contributed by atoms with Crippen LogP contribution in [0.4, 0.5) is 9.18 Å². The number of ether oxygens (including phenoxy) is 2. The van der Waals surface area contributed by atoms with Gasteiger partial charge in [0.15, 0.2) is 0 Å². The Bertz CT molecular complexity index is 1830. The second-order valence-corrected chi connectivity index (χ2v) is 11.0. The highest BCUT2D eigenvalue weighted by molar-refractivity contribution is 5.91. The first-order valence-electron chi connectivity index (χ1n) is 14.8. The Balaban J connectivity index is 1.28. The third-order valence-electron chi connectivity index (χ3n) is 8.09. The minimum Gasteiger partial charge on any atom is -0.478 e. The quantitative estimate of drug-likeness (QED) is 0.202. The molecule has 1 aliphatic rings. The number of benzene rings is 3. The van der Waals surface area contributed by atoms with Crippen molar-refractivity contribution in [3.05, 3.63) is 89.9 Å². The molecular weight excluding hydrogens is 559 g/mol. The molecular formula is C34H33FN6O3. The van der Waals surface area contributed by atoms with Gasteiger partial charge in [0.1, 0.15) is 24.2 Å². The number of aryl methyl sites for hydroxylation is 1. The number of aromatic nitrogens is 4. The van der Waals surface area contributed by atoms with Crippen LogP contribution in [-0.4, -0.2) is 50.3 Å². The number of likely N-dealkylation sites (tertiary alicyclic amines) is 1. The molecule has 0 N–H and O–H groups in total. The van der Waals surface area contributed by atoms with Crippen LogP contribution < -0.4 is 4.74 Å². The van der Waals surface area contributed by atoms with E-state index in [1.807, 2.05) is 84.1 Å². The van der Waals surface area contributed by atoms with E-state index in [9.17, 15) is 14.4 Å². The number of hydrogen-bond donors (Lipinski definition) is 0. The summed E-state index contributed by atoms with van der Waals surface area (Å²) in [5.41, 5.74) is 4.67. The lowest BCUT2D eigenvalue weighted by atomic mass is 9.97. The third kappa shape index (κ3) is 5.86. The zero-order chi connectivity index (χ0) is 30.6. The fourth-order valence-electron chi connectivity index (χ4n) is 5.74. The van der Waals surface area contributed by atoms with Crippen molar-refractivity contribution >= 4 is 17.0 Å². The van der Waals surface area contributed by atoms with E-state index in [-0.39, 0.29) is 24.2 Å². The summed E-state index contributed by atoms with van der Waals surface area (Å²) in [7, 11) is 1.89. The van der Waals surface area contributed by atoms with Gasteiger partial charge in [0.25, 0.3) is 0 Å². The third-order valence-corrected chi connectivity index (χ3v) is 8.09. The van der Waals surface area contributed by atoms with Gasteiger partial charge < -0.3 is 14.4 Å². The maximum atomic E-state index is 14.8. The Labute approximate surface area is 255 Å². The molecule has 3 aromatic carbocycles. The summed E-state index contributed by atoms with van der Waals surface area (Å²) >= 11 is 0. The molecule has 0 aliphatic carbocycles. The molecule has 3 heterocycles. The van der Waals surface area contributed by atoms with Gasteiger partial charge in [-0.3, -0.25) is 4.68 Å². The van der Waals surface area contributed by atoms with Gasteiger partial charge in [-0.15, -0.1) is 0 Å². The molecule has 0 radical (unpaired) electrons. The molecule has 10 heteroatoms. The molecule has 0 unspecified atom stereocenters. The van der Waals surface area contributed by atoms with Crippen molar-refractivity contribution in [3.63, 3.8) is 0 Å². The Morgan fingerprint density at radius 1 is 1.07 bits per heavy atom. The van der Waals surface area contributed by atoms with Gasteiger partial charge in [-0.05, 0) is 61.1 Å². The van der Waals surface area contributed by atoms with Crippen LogP contribution >= 0.6 is 0 Å². The van der Waals surface area contributed by atoms with Crippen molar-refractivity contribution in [1.82, 2.24) is 24.5 Å². The number of halogens is 1. The van der Waals surface area contributed by atoms with Gasteiger partial charge in [0.05, 0.1) is 29.4 Å². The van der Waals surface area contributed by atoms with Crippen molar-refractivity contribution in [2.75, 3.05) is 19.7 Å². The molecule has 1 saturated heterocycles. The molecule has 0 atom stereocenters. The highest BCUT2D eigenvalue weighted by atomic mass is 19.1. The van der Waals surface area contributed by atoms with E-state index in [2.05, 4.69) is 5.10 Å². The van der Waals surface area contributed by atoms with Gasteiger partial charge in [0.2, 0.25) is 5.88 Å². The van der Waals surface area contributed by atoms with E-state index in [0.717, 1.165) is 40.4 Å². The van der Waals surface area contributed by atoms with Gasteiger partial charge in [-0.25, -0.2) is 13.9 Å². The lowest BCUT2D eigenvalue weighted by Crippen LogP contribution is -2.39. The van der Waals surface area contributed by atoms with Crippen LogP contribution in [0, 0.1) is 23.1 Å². The summed E-state index contributed by atoms with van der Waals surface area (Å²) in [5, 5.41) is 19.6. The molecule has 224 valence electrons. The maximum absolute atomic E-state index is 14.8. The average Bonchev–Trinajstić information content (AvgIpc) is 3.60. The summed E-state index contributed by atoms with van der Waals surface area (Å²) in [6.07, 6.45) is 3.07. The van der Waals surface area contributed by atoms with Crippen molar-refractivity contribution < 1.29 is 18.7 Å². The topological polar surface area (TPSA) is 98.2 Å². The smallest absolute Gasteiger partial charge is 0.410 e. The van der Waals surface area contributed by atoms with Gasteiger partial charge >= 0.3 is 6.09 Å². The SMILES string of the molecule is CCOc1c(-c2ccc3c(cnn3C)c2)c(-c2ccc(C#N)c(F)c2)nn1CC1CCN(C(=O)OCc2ccccc2)CC1. The lowest BCUT2D eigenvalue weighted by molar-refractivity contribution is 0.0799. The van der Waals surface area contributed by atoms with Crippen molar-refractivity contribution in [2.24, 2.45) is 13.0 Å². The predicted octanol–water partition coefficient (Wildman–Crippen LogP) is 6.56. The zero-order valence-corrected chi connectivity index (χ0v) is 24.7. The summed E-state index contributed by atoms with van der Waals surface area (Å²) < 4.78 is 30.3. The molecule has 0 bridgehead atoms. The number of nitriles is 1. The van der Waals surface area contributed by atoms with Crippen molar-refractivity contribution in [1.29, 1.82) is 5.26 Å². The van der Waals surface area contributed by atoms with Crippen LogP contribution in [0.1, 0.15) is 30.9 Å². The number of piperidine rings is 1. The van der Waals surface area contributed by atoms with Crippen LogP contribution in [-0.2, 0) is 24.9 Å². The molecule has 1 fully saturated rings. The van der Waals surface area contributed by atoms with E-state index in [0.29, 0.717) is 43.4 Å². The zero-order valence-electron chi connectivity index (χ0n) is 24.7. The van der Waals surface area contributed by atoms with Gasteiger partial charge in [-0.2, -0.15) is 15.5 Å². The van der Waals surface area contributed by atoms with Gasteiger partial charge in [0, 0.05) is 37.6 Å². The fourth-order valence-corrected chi connectivity index (χ4v) is 5.74. The normalized spacial score (nSPS) is 13.6. The molecule has 0 saturated carbocycles. The summed E-state index contributed by atoms with van der Waals surface area (Å²) in [5.74, 6) is 0.240. The number of carbonyl (C=O) groups is 1. The number of hydrogen-bond acceptors (Lipinski definition) is 6. The fraction of sp³-hybridized carbons (Fsp3) is 0.294. The molecule has 1 aliphatic heterocycles. The number of carbonyl (C=O) groups excluding carboxylic acids is 1. The number of fused-ring (bicyclic) bond motifs is 1. The average molecular weight is 593 g/mol. The molecule has 5 aromatic rings. The van der Waals surface area contributed by atoms with Crippen LogP contribution in [0.2, 0.25) is 0 Å². The Hall–Kier alpha value is -5.17. The first kappa shape index (κ1) is 28.9. The second-order valence-electron chi connectivity index (χ2n) is 11.0. The van der Waals surface area contributed by atoms with Crippen molar-refractivity contribution in [2.45, 2.75) is 32.9 Å². The lowest BCUT2D eigenvalue weighted by Gasteiger charge is -2.31. The summed E-state index contributed by atoms with van der Waals surface area (Å²) in [4.78, 5) is 14.5. The number of rotatable bonds is 8. The molecule has 6 rings (SSSR count). The minimum atomic E-state index is -0.599. The number of nitrogens with zero attached hydrogens (tertiary/aromatic N) is 6. The highest BCUT2D eigenvalue weighted by Crippen LogP contribution is 2.41. The summed E-state index contributed by atoms with van der Waals surface area (Å²) in [6, 6.07) is 22.1. The molecule has 9 nitrogen and oxygen atoms in total. The van der Waals surface area contributed by atoms with E-state index in [1.54, 1.807) is 11.0 Å². The van der Waals surface area contributed by atoms with Crippen LogP contribution in [0.25, 0.3) is 33.3 Å². The van der Waals surface area contributed by atoms with Crippen LogP contribution in [0.5, 0.6) is 5.88 Å². The standard InChI is InChI=1S/C34H33FN6O3/c1-3-43-33-31(25-11-12-30-28(17-25)20-37-39(30)2)32(26-9-10-27(19-36)29(35)18-26)38-41(33)21-23-13-15-40(16-14-23)34(42)44-22-24-7-5-4-6-8-24/h4-12,17-18,20,23H,3,13-16,21-22H2,1-2H3. The van der Waals surface area contributed by atoms with Crippen molar-refractivity contribution in [3.8, 4) is 34.3 Å². The van der Waals surface area contributed by atoms with E-state index < -0.39 is 5.82 Å². The van der Waals surface area contributed by atoms with E-state index >= 15 is 0 Å². The molecule has 44 heavy (non-hydrogen) atoms. The van der Waals surface area contributed by atoms with E-state index in [4.69, 9.17) is 14.6 Å². The first-order valence-corrected chi connectivity index (χ1v) is 14.8. The predicted molar refractivity (Wildman–Crippen MR) is 164 cm³/mol. The van der Waals surface area contributed by atoms with E-state index in [1.165, 1.54) is 12.1 Å².